The number of oxazole rings is 1. The first-order valence-corrected chi connectivity index (χ1v) is 11.7. The lowest BCUT2D eigenvalue weighted by Gasteiger charge is -2.38. The summed E-state index contributed by atoms with van der Waals surface area (Å²) in [6.07, 6.45) is 6.99. The van der Waals surface area contributed by atoms with E-state index in [2.05, 4.69) is 14.9 Å². The van der Waals surface area contributed by atoms with Crippen molar-refractivity contribution in [1.82, 2.24) is 14.9 Å². The van der Waals surface area contributed by atoms with E-state index in [0.29, 0.717) is 34.2 Å². The van der Waals surface area contributed by atoms with E-state index in [0.717, 1.165) is 49.0 Å². The van der Waals surface area contributed by atoms with Crippen LogP contribution in [0.15, 0.2) is 28.9 Å². The van der Waals surface area contributed by atoms with E-state index in [-0.39, 0.29) is 23.9 Å². The molecular formula is C23H25Cl2N5O2. The van der Waals surface area contributed by atoms with Crippen molar-refractivity contribution in [2.75, 3.05) is 30.3 Å². The van der Waals surface area contributed by atoms with E-state index in [4.69, 9.17) is 33.4 Å². The maximum Gasteiger partial charge on any atom is 0.293 e. The lowest BCUT2D eigenvalue weighted by Crippen LogP contribution is -2.45. The van der Waals surface area contributed by atoms with Gasteiger partial charge >= 0.3 is 0 Å². The number of rotatable bonds is 2. The molecule has 2 aromatic heterocycles. The summed E-state index contributed by atoms with van der Waals surface area (Å²) in [5, 5.41) is 1.26. The van der Waals surface area contributed by atoms with Gasteiger partial charge in [0, 0.05) is 29.7 Å². The minimum Gasteiger partial charge on any atom is -0.421 e. The molecule has 2 N–H and O–H groups in total. The molecule has 0 bridgehead atoms. The SMILES string of the molecule is C[C@H]1c2c(Cl)cc(Cl)cc2CCN1C(=O)C1CCCCN(c2cncc3nc(N)oc23)C1. The van der Waals surface area contributed by atoms with Crippen LogP contribution >= 0.6 is 23.2 Å². The minimum atomic E-state index is -0.122. The Morgan fingerprint density at radius 1 is 1.22 bits per heavy atom. The van der Waals surface area contributed by atoms with Crippen LogP contribution in [0.2, 0.25) is 10.0 Å². The summed E-state index contributed by atoms with van der Waals surface area (Å²) in [5.74, 6) is 0.0429. The lowest BCUT2D eigenvalue weighted by atomic mass is 9.91. The number of fused-ring (bicyclic) bond motifs is 2. The van der Waals surface area contributed by atoms with Gasteiger partial charge < -0.3 is 20.0 Å². The number of amides is 1. The predicted octanol–water partition coefficient (Wildman–Crippen LogP) is 4.86. The topological polar surface area (TPSA) is 88.5 Å². The van der Waals surface area contributed by atoms with Gasteiger partial charge in [-0.3, -0.25) is 9.78 Å². The van der Waals surface area contributed by atoms with Crippen LogP contribution in [0.4, 0.5) is 11.7 Å². The number of aromatic nitrogens is 2. The minimum absolute atomic E-state index is 0.0908. The van der Waals surface area contributed by atoms with Crippen molar-refractivity contribution < 1.29 is 9.21 Å². The average molecular weight is 474 g/mol. The van der Waals surface area contributed by atoms with Crippen molar-refractivity contribution in [3.8, 4) is 0 Å². The second-order valence-corrected chi connectivity index (χ2v) is 9.46. The number of nitrogen functional groups attached to an aromatic ring is 1. The first kappa shape index (κ1) is 21.3. The zero-order chi connectivity index (χ0) is 22.4. The number of halogens is 2. The summed E-state index contributed by atoms with van der Waals surface area (Å²) < 4.78 is 5.65. The highest BCUT2D eigenvalue weighted by atomic mass is 35.5. The Morgan fingerprint density at radius 2 is 2.06 bits per heavy atom. The second kappa shape index (κ2) is 8.45. The molecule has 4 heterocycles. The molecular weight excluding hydrogens is 449 g/mol. The van der Waals surface area contributed by atoms with Gasteiger partial charge in [0.25, 0.3) is 6.01 Å². The Bertz CT molecular complexity index is 1180. The molecule has 2 atom stereocenters. The Balaban J connectivity index is 1.41. The van der Waals surface area contributed by atoms with Crippen LogP contribution in [-0.2, 0) is 11.2 Å². The lowest BCUT2D eigenvalue weighted by molar-refractivity contribution is -0.138. The van der Waals surface area contributed by atoms with Gasteiger partial charge in [0.2, 0.25) is 5.91 Å². The van der Waals surface area contributed by atoms with Gasteiger partial charge in [-0.15, -0.1) is 0 Å². The summed E-state index contributed by atoms with van der Waals surface area (Å²) in [5.41, 5.74) is 9.98. The highest BCUT2D eigenvalue weighted by Crippen LogP contribution is 2.38. The maximum atomic E-state index is 13.7. The highest BCUT2D eigenvalue weighted by Gasteiger charge is 2.35. The molecule has 5 rings (SSSR count). The normalized spacial score (nSPS) is 21.5. The molecule has 3 aromatic rings. The maximum absolute atomic E-state index is 13.7. The van der Waals surface area contributed by atoms with Gasteiger partial charge in [0.15, 0.2) is 5.58 Å². The van der Waals surface area contributed by atoms with Crippen LogP contribution in [-0.4, -0.2) is 40.4 Å². The summed E-state index contributed by atoms with van der Waals surface area (Å²) in [7, 11) is 0. The van der Waals surface area contributed by atoms with Crippen LogP contribution in [0.25, 0.3) is 11.1 Å². The van der Waals surface area contributed by atoms with E-state index in [1.807, 2.05) is 17.9 Å². The molecule has 0 aliphatic carbocycles. The number of pyridine rings is 1. The predicted molar refractivity (Wildman–Crippen MR) is 126 cm³/mol. The number of benzene rings is 1. The molecule has 9 heteroatoms. The van der Waals surface area contributed by atoms with E-state index < -0.39 is 0 Å². The quantitative estimate of drug-likeness (QED) is 0.571. The average Bonchev–Trinajstić information content (AvgIpc) is 2.97. The van der Waals surface area contributed by atoms with Gasteiger partial charge in [-0.2, -0.15) is 4.98 Å². The number of carbonyl (C=O) groups is 1. The fraction of sp³-hybridized carbons (Fsp3) is 0.435. The molecule has 1 fully saturated rings. The largest absolute Gasteiger partial charge is 0.421 e. The molecule has 32 heavy (non-hydrogen) atoms. The molecule has 0 saturated carbocycles. The number of anilines is 2. The Hall–Kier alpha value is -2.51. The number of nitrogens with zero attached hydrogens (tertiary/aromatic N) is 4. The van der Waals surface area contributed by atoms with Crippen molar-refractivity contribution >= 4 is 51.9 Å². The van der Waals surface area contributed by atoms with Gasteiger partial charge in [0.1, 0.15) is 11.2 Å². The van der Waals surface area contributed by atoms with Gasteiger partial charge in [-0.1, -0.05) is 29.6 Å². The molecule has 7 nitrogen and oxygen atoms in total. The molecule has 1 saturated heterocycles. The molecule has 0 spiro atoms. The van der Waals surface area contributed by atoms with Crippen LogP contribution in [0.5, 0.6) is 0 Å². The third-order valence-corrected chi connectivity index (χ3v) is 7.16. The summed E-state index contributed by atoms with van der Waals surface area (Å²) in [4.78, 5) is 26.4. The Kier molecular flexibility index (Phi) is 5.63. The van der Waals surface area contributed by atoms with Crippen LogP contribution < -0.4 is 10.6 Å². The number of hydrogen-bond donors (Lipinski definition) is 1. The number of hydrogen-bond acceptors (Lipinski definition) is 6. The van der Waals surface area contributed by atoms with Crippen LogP contribution in [0, 0.1) is 5.92 Å². The van der Waals surface area contributed by atoms with E-state index in [9.17, 15) is 4.79 Å². The van der Waals surface area contributed by atoms with Crippen LogP contribution in [0.1, 0.15) is 43.4 Å². The summed E-state index contributed by atoms with van der Waals surface area (Å²) in [6, 6.07) is 3.75. The van der Waals surface area contributed by atoms with Crippen molar-refractivity contribution in [2.45, 2.75) is 38.6 Å². The van der Waals surface area contributed by atoms with Gasteiger partial charge in [-0.25, -0.2) is 0 Å². The monoisotopic (exact) mass is 473 g/mol. The first-order chi connectivity index (χ1) is 15.4. The molecule has 2 aliphatic heterocycles. The second-order valence-electron chi connectivity index (χ2n) is 8.62. The van der Waals surface area contributed by atoms with E-state index in [1.54, 1.807) is 18.5 Å². The van der Waals surface area contributed by atoms with Crippen molar-refractivity contribution in [2.24, 2.45) is 5.92 Å². The van der Waals surface area contributed by atoms with Gasteiger partial charge in [-0.05, 0) is 49.4 Å². The molecule has 2 aliphatic rings. The molecule has 0 radical (unpaired) electrons. The molecule has 168 valence electrons. The summed E-state index contributed by atoms with van der Waals surface area (Å²) >= 11 is 12.7. The van der Waals surface area contributed by atoms with Crippen molar-refractivity contribution in [3.63, 3.8) is 0 Å². The van der Waals surface area contributed by atoms with Gasteiger partial charge in [0.05, 0.1) is 24.4 Å². The smallest absolute Gasteiger partial charge is 0.293 e. The molecule has 1 unspecified atom stereocenters. The fourth-order valence-corrected chi connectivity index (χ4v) is 5.78. The Morgan fingerprint density at radius 3 is 2.91 bits per heavy atom. The van der Waals surface area contributed by atoms with E-state index >= 15 is 0 Å². The van der Waals surface area contributed by atoms with Crippen molar-refractivity contribution in [1.29, 1.82) is 0 Å². The fourth-order valence-electron chi connectivity index (χ4n) is 5.08. The zero-order valence-electron chi connectivity index (χ0n) is 17.9. The van der Waals surface area contributed by atoms with Crippen molar-refractivity contribution in [3.05, 3.63) is 45.7 Å². The van der Waals surface area contributed by atoms with E-state index in [1.165, 1.54) is 0 Å². The standard InChI is InChI=1S/C23H25Cl2N5O2/c1-13-20-14(8-16(24)9-17(20)25)5-7-30(13)22(31)15-4-2-3-6-29(12-15)19-11-27-10-18-21(19)32-23(26)28-18/h8-11,13,15H,2-7,12H2,1H3,(H2,26,28)/t13-,15?/m0/s1. The third-order valence-electron chi connectivity index (χ3n) is 6.63. The number of nitrogens with two attached hydrogens (primary N) is 1. The highest BCUT2D eigenvalue weighted by molar-refractivity contribution is 6.35. The zero-order valence-corrected chi connectivity index (χ0v) is 19.4. The third kappa shape index (κ3) is 3.77. The molecule has 1 amide bonds. The van der Waals surface area contributed by atoms with Crippen LogP contribution in [0.3, 0.4) is 0 Å². The number of carbonyl (C=O) groups excluding carboxylic acids is 1. The molecule has 1 aromatic carbocycles. The summed E-state index contributed by atoms with van der Waals surface area (Å²) in [6.45, 7) is 4.14. The first-order valence-electron chi connectivity index (χ1n) is 11.0. The Labute approximate surface area is 196 Å².